The van der Waals surface area contributed by atoms with Crippen molar-refractivity contribution in [3.8, 4) is 11.1 Å². The average Bonchev–Trinajstić information content (AvgIpc) is 3.86. The molecule has 0 radical (unpaired) electrons. The van der Waals surface area contributed by atoms with Crippen molar-refractivity contribution in [1.82, 2.24) is 4.57 Å². The number of furan rings is 1. The largest absolute Gasteiger partial charge is 0.454 e. The van der Waals surface area contributed by atoms with Crippen LogP contribution >= 0.6 is 0 Å². The van der Waals surface area contributed by atoms with Gasteiger partial charge in [0, 0.05) is 43.8 Å². The molecule has 0 aliphatic heterocycles. The van der Waals surface area contributed by atoms with E-state index in [-0.39, 0.29) is 6.04 Å². The van der Waals surface area contributed by atoms with E-state index in [4.69, 9.17) is 4.42 Å². The fraction of sp³-hybridized carbons (Fsp3) is 0.0357. The lowest BCUT2D eigenvalue weighted by Gasteiger charge is -2.26. The number of rotatable bonds is 6. The molecule has 0 saturated carbocycles. The minimum absolute atomic E-state index is 0.211. The monoisotopic (exact) mass is 754 g/mol. The maximum atomic E-state index is 6.62. The van der Waals surface area contributed by atoms with Crippen molar-refractivity contribution in [3.63, 3.8) is 0 Å². The first kappa shape index (κ1) is 33.5. The molecule has 0 saturated heterocycles. The Kier molecular flexibility index (Phi) is 7.67. The van der Waals surface area contributed by atoms with Gasteiger partial charge in [-0.05, 0) is 87.3 Å². The van der Waals surface area contributed by atoms with E-state index in [1.807, 2.05) is 6.07 Å². The predicted octanol–water partition coefficient (Wildman–Crippen LogP) is 15.7. The molecule has 2 heterocycles. The molecule has 3 nitrogen and oxygen atoms in total. The summed E-state index contributed by atoms with van der Waals surface area (Å²) in [4.78, 5) is 2.33. The Hall–Kier alpha value is -7.62. The van der Waals surface area contributed by atoms with Gasteiger partial charge < -0.3 is 13.9 Å². The Morgan fingerprint density at radius 1 is 0.475 bits per heavy atom. The van der Waals surface area contributed by atoms with E-state index in [1.54, 1.807) is 0 Å². The Balaban J connectivity index is 0.919. The number of para-hydroxylation sites is 3. The van der Waals surface area contributed by atoms with E-state index in [9.17, 15) is 0 Å². The third-order valence-corrected chi connectivity index (χ3v) is 12.3. The van der Waals surface area contributed by atoms with Crippen LogP contribution in [0.1, 0.15) is 18.0 Å². The van der Waals surface area contributed by atoms with Gasteiger partial charge in [0.05, 0.1) is 17.2 Å². The number of fused-ring (bicyclic) bond motifs is 9. The minimum atomic E-state index is 0.211. The SMILES string of the molecule is C1=CC(n2c3ccccc3c3ccc4ccccc4c32)CC=C1c1ccc(N(c2ccc(-c3cccc4ccccc34)cc2)c2cccc3c2oc2ccccc23)cc1. The maximum Gasteiger partial charge on any atom is 0.159 e. The Labute approximate surface area is 342 Å². The summed E-state index contributed by atoms with van der Waals surface area (Å²) >= 11 is 0. The van der Waals surface area contributed by atoms with E-state index in [2.05, 4.69) is 216 Å². The second-order valence-electron chi connectivity index (χ2n) is 15.6. The summed E-state index contributed by atoms with van der Waals surface area (Å²) in [5, 5.41) is 9.90. The van der Waals surface area contributed by atoms with Crippen LogP contribution in [-0.4, -0.2) is 4.57 Å². The number of hydrogen-bond acceptors (Lipinski definition) is 2. The third-order valence-electron chi connectivity index (χ3n) is 12.3. The number of anilines is 3. The molecular weight excluding hydrogens is 717 g/mol. The van der Waals surface area contributed by atoms with Crippen LogP contribution in [0, 0.1) is 0 Å². The lowest BCUT2D eigenvalue weighted by atomic mass is 9.96. The molecule has 1 atom stereocenters. The topological polar surface area (TPSA) is 21.3 Å². The summed E-state index contributed by atoms with van der Waals surface area (Å²) in [5.41, 5.74) is 12.3. The number of allylic oxidation sites excluding steroid dienone is 4. The normalized spacial score (nSPS) is 14.2. The molecule has 12 rings (SSSR count). The van der Waals surface area contributed by atoms with Gasteiger partial charge in [0.25, 0.3) is 0 Å². The van der Waals surface area contributed by atoms with Crippen LogP contribution in [0.3, 0.4) is 0 Å². The highest BCUT2D eigenvalue weighted by atomic mass is 16.3. The van der Waals surface area contributed by atoms with E-state index < -0.39 is 0 Å². The fourth-order valence-corrected chi connectivity index (χ4v) is 9.53. The Morgan fingerprint density at radius 2 is 1.10 bits per heavy atom. The highest BCUT2D eigenvalue weighted by molar-refractivity contribution is 6.18. The molecule has 3 heteroatoms. The molecule has 2 aromatic heterocycles. The van der Waals surface area contributed by atoms with Crippen LogP contribution in [0.15, 0.2) is 217 Å². The minimum Gasteiger partial charge on any atom is -0.454 e. The van der Waals surface area contributed by atoms with E-state index in [0.29, 0.717) is 0 Å². The van der Waals surface area contributed by atoms with E-state index in [0.717, 1.165) is 45.4 Å². The molecule has 0 spiro atoms. The number of aromatic nitrogens is 1. The van der Waals surface area contributed by atoms with Crippen LogP contribution in [-0.2, 0) is 0 Å². The standard InChI is InChI=1S/C56H38N2O/c1-3-14-45-39(11-1)13-9-18-46(45)41-27-34-43(35-28-41)57(53-21-10-19-51-49-17-6-8-22-54(49)59-56(51)53)42-30-23-37(24-31-42)38-25-32-44(33-26-38)58-52-20-7-5-16-48(52)50-36-29-40-12-2-4-15-47(40)55(50)58/h1-32,34-36,44H,33H2. The first-order valence-corrected chi connectivity index (χ1v) is 20.4. The molecule has 11 aromatic rings. The highest BCUT2D eigenvalue weighted by Gasteiger charge is 2.22. The molecule has 59 heavy (non-hydrogen) atoms. The molecule has 0 fully saturated rings. The van der Waals surface area contributed by atoms with Gasteiger partial charge in [-0.3, -0.25) is 0 Å². The summed E-state index contributed by atoms with van der Waals surface area (Å²) in [6.45, 7) is 0. The number of nitrogens with zero attached hydrogens (tertiary/aromatic N) is 2. The zero-order valence-corrected chi connectivity index (χ0v) is 32.3. The van der Waals surface area contributed by atoms with E-state index in [1.165, 1.54) is 65.6 Å². The maximum absolute atomic E-state index is 6.62. The molecular formula is C56H38N2O. The molecule has 1 unspecified atom stereocenters. The second-order valence-corrected chi connectivity index (χ2v) is 15.6. The summed E-state index contributed by atoms with van der Waals surface area (Å²) in [5.74, 6) is 0. The molecule has 0 bridgehead atoms. The van der Waals surface area contributed by atoms with Gasteiger partial charge in [-0.2, -0.15) is 0 Å². The first-order valence-electron chi connectivity index (χ1n) is 20.4. The quantitative estimate of drug-likeness (QED) is 0.169. The fourth-order valence-electron chi connectivity index (χ4n) is 9.53. The lowest BCUT2D eigenvalue weighted by molar-refractivity contribution is 0.650. The summed E-state index contributed by atoms with van der Waals surface area (Å²) < 4.78 is 9.18. The van der Waals surface area contributed by atoms with Gasteiger partial charge in [-0.15, -0.1) is 0 Å². The van der Waals surface area contributed by atoms with Gasteiger partial charge in [0.2, 0.25) is 0 Å². The van der Waals surface area contributed by atoms with Crippen molar-refractivity contribution in [2.75, 3.05) is 4.90 Å². The van der Waals surface area contributed by atoms with Gasteiger partial charge in [0.1, 0.15) is 5.58 Å². The van der Waals surface area contributed by atoms with Gasteiger partial charge in [-0.1, -0.05) is 170 Å². The summed E-state index contributed by atoms with van der Waals surface area (Å²) in [7, 11) is 0. The van der Waals surface area contributed by atoms with Crippen molar-refractivity contribution in [2.24, 2.45) is 0 Å². The molecule has 9 aromatic carbocycles. The summed E-state index contributed by atoms with van der Waals surface area (Å²) in [6, 6.07) is 70.2. The molecule has 0 amide bonds. The van der Waals surface area contributed by atoms with Crippen molar-refractivity contribution in [3.05, 3.63) is 218 Å². The highest BCUT2D eigenvalue weighted by Crippen LogP contribution is 2.44. The van der Waals surface area contributed by atoms with Crippen molar-refractivity contribution >= 4 is 87.9 Å². The first-order chi connectivity index (χ1) is 29.3. The zero-order valence-electron chi connectivity index (χ0n) is 32.3. The molecule has 1 aliphatic rings. The zero-order chi connectivity index (χ0) is 38.9. The number of benzene rings is 9. The second kappa shape index (κ2) is 13.5. The Morgan fingerprint density at radius 3 is 1.88 bits per heavy atom. The smallest absolute Gasteiger partial charge is 0.159 e. The molecule has 0 N–H and O–H groups in total. The molecule has 278 valence electrons. The summed E-state index contributed by atoms with van der Waals surface area (Å²) in [6.07, 6.45) is 8.02. The van der Waals surface area contributed by atoms with Crippen LogP contribution in [0.25, 0.3) is 82.0 Å². The van der Waals surface area contributed by atoms with Gasteiger partial charge in [0.15, 0.2) is 5.58 Å². The molecule has 1 aliphatic carbocycles. The lowest BCUT2D eigenvalue weighted by Crippen LogP contribution is -2.10. The van der Waals surface area contributed by atoms with E-state index >= 15 is 0 Å². The van der Waals surface area contributed by atoms with Gasteiger partial charge >= 0.3 is 0 Å². The van der Waals surface area contributed by atoms with Crippen molar-refractivity contribution in [2.45, 2.75) is 12.5 Å². The van der Waals surface area contributed by atoms with Crippen LogP contribution in [0.2, 0.25) is 0 Å². The third kappa shape index (κ3) is 5.43. The van der Waals surface area contributed by atoms with Crippen molar-refractivity contribution in [1.29, 1.82) is 0 Å². The number of hydrogen-bond donors (Lipinski definition) is 0. The van der Waals surface area contributed by atoms with Gasteiger partial charge in [-0.25, -0.2) is 0 Å². The van der Waals surface area contributed by atoms with Crippen LogP contribution in [0.5, 0.6) is 0 Å². The van der Waals surface area contributed by atoms with Crippen LogP contribution in [0.4, 0.5) is 17.1 Å². The Bertz CT molecular complexity index is 3470. The predicted molar refractivity (Wildman–Crippen MR) is 249 cm³/mol. The van der Waals surface area contributed by atoms with Crippen molar-refractivity contribution < 1.29 is 4.42 Å². The average molecular weight is 755 g/mol. The van der Waals surface area contributed by atoms with Crippen LogP contribution < -0.4 is 4.90 Å².